The largest absolute Gasteiger partial charge is 0.352 e. The van der Waals surface area contributed by atoms with Crippen molar-refractivity contribution in [1.82, 2.24) is 15.2 Å². The van der Waals surface area contributed by atoms with Crippen LogP contribution >= 0.6 is 39.9 Å². The Labute approximate surface area is 178 Å². The van der Waals surface area contributed by atoms with E-state index in [1.807, 2.05) is 18.3 Å². The summed E-state index contributed by atoms with van der Waals surface area (Å²) in [5.74, 6) is 0.954. The zero-order valence-electron chi connectivity index (χ0n) is 14.2. The Kier molecular flexibility index (Phi) is 6.48. The third-order valence-electron chi connectivity index (χ3n) is 4.33. The maximum Gasteiger partial charge on any atom is 0.194 e. The van der Waals surface area contributed by atoms with E-state index in [1.54, 1.807) is 0 Å². The molecule has 2 aromatic carbocycles. The molecule has 0 atom stereocenters. The average molecular weight is 523 g/mol. The number of hydrogen-bond acceptors (Lipinski definition) is 4. The van der Waals surface area contributed by atoms with Crippen molar-refractivity contribution in [3.63, 3.8) is 0 Å². The molecular weight excluding hydrogens is 503 g/mol. The lowest BCUT2D eigenvalue weighted by atomic mass is 10.1. The molecule has 6 heteroatoms. The van der Waals surface area contributed by atoms with Crippen molar-refractivity contribution in [2.75, 3.05) is 13.1 Å². The van der Waals surface area contributed by atoms with Gasteiger partial charge in [0.15, 0.2) is 5.96 Å². The highest BCUT2D eigenvalue weighted by Gasteiger charge is 2.17. The number of fused-ring (bicyclic) bond motifs is 1. The lowest BCUT2D eigenvalue weighted by Gasteiger charge is -2.21. The summed E-state index contributed by atoms with van der Waals surface area (Å²) in [6.45, 7) is 3.30. The van der Waals surface area contributed by atoms with Crippen LogP contribution in [0, 0.1) is 0 Å². The van der Waals surface area contributed by atoms with Gasteiger partial charge in [0, 0.05) is 23.8 Å². The molecule has 0 aliphatic carbocycles. The van der Waals surface area contributed by atoms with Crippen LogP contribution in [0.25, 0.3) is 10.8 Å². The number of nitrogens with one attached hydrogen (secondary N) is 1. The topological polar surface area (TPSA) is 40.5 Å². The van der Waals surface area contributed by atoms with E-state index >= 15 is 0 Å². The van der Waals surface area contributed by atoms with Crippen molar-refractivity contribution < 1.29 is 0 Å². The molecule has 1 aliphatic rings. The summed E-state index contributed by atoms with van der Waals surface area (Å²) >= 11 is 3.68. The Hall–Kier alpha value is -1.67. The predicted octanol–water partition coefficient (Wildman–Crippen LogP) is 4.58. The third kappa shape index (κ3) is 4.35. The summed E-state index contributed by atoms with van der Waals surface area (Å²) in [5, 5.41) is 5.97. The molecule has 1 aliphatic heterocycles. The Bertz CT molecular complexity index is 914. The average Bonchev–Trinajstić information content (AvgIpc) is 3.08. The molecule has 0 bridgehead atoms. The first-order valence-corrected chi connectivity index (χ1v) is 9.19. The van der Waals surface area contributed by atoms with Gasteiger partial charge in [0.05, 0.1) is 18.8 Å². The molecule has 3 aromatic rings. The highest BCUT2D eigenvalue weighted by atomic mass is 127. The molecule has 0 spiro atoms. The van der Waals surface area contributed by atoms with E-state index in [9.17, 15) is 0 Å². The molecule has 0 amide bonds. The monoisotopic (exact) mass is 522 g/mol. The van der Waals surface area contributed by atoms with Crippen molar-refractivity contribution in [3.05, 3.63) is 76.5 Å². The van der Waals surface area contributed by atoms with Gasteiger partial charge in [0.25, 0.3) is 0 Å². The van der Waals surface area contributed by atoms with E-state index in [0.29, 0.717) is 0 Å². The maximum absolute atomic E-state index is 4.61. The van der Waals surface area contributed by atoms with Crippen LogP contribution in [0.5, 0.6) is 0 Å². The molecule has 4 rings (SSSR count). The van der Waals surface area contributed by atoms with Gasteiger partial charge in [0.2, 0.25) is 0 Å². The summed E-state index contributed by atoms with van der Waals surface area (Å²) < 4.78 is 1.13. The van der Waals surface area contributed by atoms with Gasteiger partial charge in [0.1, 0.15) is 0 Å². The fourth-order valence-electron chi connectivity index (χ4n) is 3.10. The van der Waals surface area contributed by atoms with Crippen molar-refractivity contribution in [2.45, 2.75) is 13.1 Å². The van der Waals surface area contributed by atoms with E-state index in [1.165, 1.54) is 16.3 Å². The van der Waals surface area contributed by atoms with Crippen molar-refractivity contribution in [1.29, 1.82) is 0 Å². The normalized spacial score (nSPS) is 13.4. The minimum absolute atomic E-state index is 0. The first kappa shape index (κ1) is 19.1. The molecule has 0 radical (unpaired) electrons. The molecule has 4 nitrogen and oxygen atoms in total. The number of aliphatic imine (C=N–C) groups is 1. The Morgan fingerprint density at radius 2 is 1.92 bits per heavy atom. The molecule has 0 saturated heterocycles. The molecule has 26 heavy (non-hydrogen) atoms. The number of hydrogen-bond donors (Lipinski definition) is 1. The van der Waals surface area contributed by atoms with E-state index < -0.39 is 0 Å². The standard InChI is InChI=1S/C20H19BrN4.HI/c21-19-12-15(11-16-5-1-2-7-18(16)19)13-24-20-23-9-10-25(20)14-17-6-3-4-8-22-17;/h1-8,11-12H,9-10,13-14H2,(H,23,24);1H. The molecule has 1 N–H and O–H groups in total. The quantitative estimate of drug-likeness (QED) is 0.510. The van der Waals surface area contributed by atoms with Gasteiger partial charge < -0.3 is 10.2 Å². The number of pyridine rings is 1. The van der Waals surface area contributed by atoms with Gasteiger partial charge in [-0.15, -0.1) is 24.0 Å². The number of benzene rings is 2. The molecule has 0 fully saturated rings. The van der Waals surface area contributed by atoms with Crippen molar-refractivity contribution in [2.24, 2.45) is 4.99 Å². The number of rotatable bonds is 4. The van der Waals surface area contributed by atoms with Crippen LogP contribution < -0.4 is 5.32 Å². The Balaban J connectivity index is 0.00000196. The summed E-state index contributed by atoms with van der Waals surface area (Å²) in [7, 11) is 0. The van der Waals surface area contributed by atoms with Gasteiger partial charge >= 0.3 is 0 Å². The highest BCUT2D eigenvalue weighted by Crippen LogP contribution is 2.25. The van der Waals surface area contributed by atoms with Crippen molar-refractivity contribution >= 4 is 56.6 Å². The SMILES string of the molecule is Brc1cc(CNC2=NCCN2Cc2ccccn2)cc2ccccc12.I. The van der Waals surface area contributed by atoms with Crippen molar-refractivity contribution in [3.8, 4) is 0 Å². The van der Waals surface area contributed by atoms with Gasteiger partial charge in [-0.05, 0) is 40.6 Å². The lowest BCUT2D eigenvalue weighted by molar-refractivity contribution is 0.431. The smallest absolute Gasteiger partial charge is 0.194 e. The summed E-state index contributed by atoms with van der Waals surface area (Å²) in [6.07, 6.45) is 1.84. The number of aromatic nitrogens is 1. The van der Waals surface area contributed by atoms with E-state index in [2.05, 4.69) is 78.6 Å². The fourth-order valence-corrected chi connectivity index (χ4v) is 3.75. The second-order valence-electron chi connectivity index (χ2n) is 6.10. The van der Waals surface area contributed by atoms with Gasteiger partial charge in [-0.3, -0.25) is 9.98 Å². The third-order valence-corrected chi connectivity index (χ3v) is 4.99. The van der Waals surface area contributed by atoms with Gasteiger partial charge in [-0.2, -0.15) is 0 Å². The minimum atomic E-state index is 0. The zero-order chi connectivity index (χ0) is 17.1. The van der Waals surface area contributed by atoms with E-state index in [4.69, 9.17) is 0 Å². The van der Waals surface area contributed by atoms with Crippen LogP contribution in [0.1, 0.15) is 11.3 Å². The summed E-state index contributed by atoms with van der Waals surface area (Å²) in [6, 6.07) is 18.8. The first-order chi connectivity index (χ1) is 12.3. The Morgan fingerprint density at radius 3 is 2.77 bits per heavy atom. The molecule has 1 aromatic heterocycles. The number of halogens is 2. The van der Waals surface area contributed by atoms with Crippen LogP contribution in [0.4, 0.5) is 0 Å². The van der Waals surface area contributed by atoms with Crippen LogP contribution in [0.2, 0.25) is 0 Å². The van der Waals surface area contributed by atoms with Crippen LogP contribution in [-0.4, -0.2) is 28.9 Å². The van der Waals surface area contributed by atoms with Gasteiger partial charge in [-0.25, -0.2) is 0 Å². The van der Waals surface area contributed by atoms with E-state index in [0.717, 1.165) is 42.3 Å². The zero-order valence-corrected chi connectivity index (χ0v) is 18.1. The summed E-state index contributed by atoms with van der Waals surface area (Å²) in [4.78, 5) is 11.3. The van der Waals surface area contributed by atoms with Crippen LogP contribution in [0.3, 0.4) is 0 Å². The summed E-state index contributed by atoms with van der Waals surface area (Å²) in [5.41, 5.74) is 2.30. The van der Waals surface area contributed by atoms with E-state index in [-0.39, 0.29) is 24.0 Å². The Morgan fingerprint density at radius 1 is 1.08 bits per heavy atom. The first-order valence-electron chi connectivity index (χ1n) is 8.40. The van der Waals surface area contributed by atoms with Crippen LogP contribution in [-0.2, 0) is 13.1 Å². The molecule has 134 valence electrons. The maximum atomic E-state index is 4.61. The van der Waals surface area contributed by atoms with Gasteiger partial charge in [-0.1, -0.05) is 46.3 Å². The fraction of sp³-hybridized carbons (Fsp3) is 0.200. The molecule has 0 saturated carbocycles. The second-order valence-corrected chi connectivity index (χ2v) is 6.95. The molecule has 0 unspecified atom stereocenters. The second kappa shape index (κ2) is 8.81. The molecule has 2 heterocycles. The lowest BCUT2D eigenvalue weighted by Crippen LogP contribution is -2.37. The number of guanidine groups is 1. The van der Waals surface area contributed by atoms with Crippen LogP contribution in [0.15, 0.2) is 70.3 Å². The minimum Gasteiger partial charge on any atom is -0.352 e. The predicted molar refractivity (Wildman–Crippen MR) is 121 cm³/mol. The molecular formula is C20H20BrIN4. The number of nitrogens with zero attached hydrogens (tertiary/aromatic N) is 3. The highest BCUT2D eigenvalue weighted by molar-refractivity contribution is 14.0.